The van der Waals surface area contributed by atoms with Crippen LogP contribution in [0.5, 0.6) is 0 Å². The van der Waals surface area contributed by atoms with Crippen molar-refractivity contribution in [3.05, 3.63) is 61.2 Å². The average molecular weight is 273 g/mol. The molecule has 1 fully saturated rings. The zero-order valence-electron chi connectivity index (χ0n) is 11.2. The van der Waals surface area contributed by atoms with Gasteiger partial charge in [0.25, 0.3) is 0 Å². The minimum atomic E-state index is -0.720. The molecule has 0 saturated carbocycles. The largest absolute Gasteiger partial charge is 0.480 e. The van der Waals surface area contributed by atoms with Crippen LogP contribution in [0.4, 0.5) is 0 Å². The van der Waals surface area contributed by atoms with Crippen molar-refractivity contribution in [2.45, 2.75) is 18.9 Å². The summed E-state index contributed by atoms with van der Waals surface area (Å²) < 4.78 is 0. The fourth-order valence-electron chi connectivity index (χ4n) is 1.52. The lowest BCUT2D eigenvalue weighted by molar-refractivity contribution is -0.139. The molecule has 2 N–H and O–H groups in total. The molecule has 2 aromatic heterocycles. The summed E-state index contributed by atoms with van der Waals surface area (Å²) >= 11 is 0. The van der Waals surface area contributed by atoms with Crippen LogP contribution < -0.4 is 5.32 Å². The number of pyridine rings is 2. The molecule has 0 aliphatic carbocycles. The van der Waals surface area contributed by atoms with Crippen LogP contribution in [0.15, 0.2) is 61.2 Å². The summed E-state index contributed by atoms with van der Waals surface area (Å²) in [4.78, 5) is 17.7. The van der Waals surface area contributed by atoms with Crippen molar-refractivity contribution in [3.63, 3.8) is 0 Å². The summed E-state index contributed by atoms with van der Waals surface area (Å²) in [5, 5.41) is 11.2. The fraction of sp³-hybridized carbons (Fsp3) is 0.267. The van der Waals surface area contributed by atoms with E-state index < -0.39 is 5.97 Å². The second-order valence-electron chi connectivity index (χ2n) is 4.04. The molecule has 1 aliphatic heterocycles. The van der Waals surface area contributed by atoms with Gasteiger partial charge in [0.2, 0.25) is 0 Å². The maximum atomic E-state index is 10.1. The summed E-state index contributed by atoms with van der Waals surface area (Å²) in [6.07, 6.45) is 8.78. The molecule has 3 rings (SSSR count). The molecular formula is C15H19N3O2. The van der Waals surface area contributed by atoms with E-state index >= 15 is 0 Å². The minimum Gasteiger partial charge on any atom is -0.480 e. The summed E-state index contributed by atoms with van der Waals surface area (Å²) in [6.45, 7) is 0.858. The Morgan fingerprint density at radius 3 is 1.60 bits per heavy atom. The Morgan fingerprint density at radius 1 is 0.950 bits per heavy atom. The smallest absolute Gasteiger partial charge is 0.320 e. The number of carboxylic acids is 1. The van der Waals surface area contributed by atoms with Crippen LogP contribution in [0.1, 0.15) is 12.8 Å². The maximum absolute atomic E-state index is 10.1. The molecule has 5 nitrogen and oxygen atoms in total. The van der Waals surface area contributed by atoms with Gasteiger partial charge in [0, 0.05) is 24.8 Å². The van der Waals surface area contributed by atoms with Crippen LogP contribution in [0.2, 0.25) is 0 Å². The number of carbonyl (C=O) groups is 1. The van der Waals surface area contributed by atoms with Crippen molar-refractivity contribution in [1.82, 2.24) is 15.3 Å². The summed E-state index contributed by atoms with van der Waals surface area (Å²) in [5.41, 5.74) is 0. The van der Waals surface area contributed by atoms with Gasteiger partial charge in [0.15, 0.2) is 0 Å². The Labute approximate surface area is 118 Å². The standard InChI is InChI=1S/C5H9NO2.2C5H5N/c7-5(8)4-2-1-3-6-4;2*1-2-4-6-5-3-1/h4,6H,1-3H2,(H,7,8);2*1-5H/t4-;;/m0../s1. The lowest BCUT2D eigenvalue weighted by Crippen LogP contribution is -2.29. The van der Waals surface area contributed by atoms with Crippen molar-refractivity contribution in [2.24, 2.45) is 0 Å². The van der Waals surface area contributed by atoms with Gasteiger partial charge in [0.05, 0.1) is 0 Å². The van der Waals surface area contributed by atoms with Gasteiger partial charge in [0.1, 0.15) is 6.04 Å². The molecule has 0 spiro atoms. The molecule has 0 unspecified atom stereocenters. The third-order valence-corrected chi connectivity index (χ3v) is 2.49. The minimum absolute atomic E-state index is 0.269. The lowest BCUT2D eigenvalue weighted by atomic mass is 10.2. The Hall–Kier alpha value is -2.27. The predicted molar refractivity (Wildman–Crippen MR) is 77.1 cm³/mol. The van der Waals surface area contributed by atoms with Crippen LogP contribution in [-0.2, 0) is 4.79 Å². The van der Waals surface area contributed by atoms with Crippen molar-refractivity contribution in [2.75, 3.05) is 6.54 Å². The van der Waals surface area contributed by atoms with E-state index in [0.29, 0.717) is 0 Å². The molecule has 1 saturated heterocycles. The van der Waals surface area contributed by atoms with Gasteiger partial charge < -0.3 is 10.4 Å². The fourth-order valence-corrected chi connectivity index (χ4v) is 1.52. The molecule has 3 heterocycles. The third-order valence-electron chi connectivity index (χ3n) is 2.49. The highest BCUT2D eigenvalue weighted by molar-refractivity contribution is 5.73. The third kappa shape index (κ3) is 7.94. The van der Waals surface area contributed by atoms with Gasteiger partial charge in [-0.15, -0.1) is 0 Å². The van der Waals surface area contributed by atoms with Crippen molar-refractivity contribution in [3.8, 4) is 0 Å². The zero-order chi connectivity index (χ0) is 14.5. The first kappa shape index (κ1) is 15.8. The van der Waals surface area contributed by atoms with E-state index in [1.807, 2.05) is 36.4 Å². The summed E-state index contributed by atoms with van der Waals surface area (Å²) in [7, 11) is 0. The molecule has 1 atom stereocenters. The molecule has 2 aromatic rings. The topological polar surface area (TPSA) is 75.1 Å². The predicted octanol–water partition coefficient (Wildman–Crippen LogP) is 1.99. The van der Waals surface area contributed by atoms with E-state index in [2.05, 4.69) is 15.3 Å². The van der Waals surface area contributed by atoms with Gasteiger partial charge in [-0.25, -0.2) is 0 Å². The van der Waals surface area contributed by atoms with E-state index in [1.54, 1.807) is 24.8 Å². The van der Waals surface area contributed by atoms with Gasteiger partial charge in [-0.3, -0.25) is 14.8 Å². The number of hydrogen-bond donors (Lipinski definition) is 2. The molecule has 0 aromatic carbocycles. The van der Waals surface area contributed by atoms with Crippen LogP contribution in [-0.4, -0.2) is 33.6 Å². The highest BCUT2D eigenvalue weighted by Crippen LogP contribution is 2.03. The molecule has 1 aliphatic rings. The van der Waals surface area contributed by atoms with Crippen LogP contribution >= 0.6 is 0 Å². The average Bonchev–Trinajstić information content (AvgIpc) is 3.07. The van der Waals surface area contributed by atoms with Crippen LogP contribution in [0.25, 0.3) is 0 Å². The number of nitrogens with one attached hydrogen (secondary N) is 1. The van der Waals surface area contributed by atoms with E-state index in [1.165, 1.54) is 0 Å². The second kappa shape index (κ2) is 10.6. The Bertz CT molecular complexity index is 360. The Kier molecular flexibility index (Phi) is 8.39. The molecule has 0 bridgehead atoms. The van der Waals surface area contributed by atoms with Gasteiger partial charge in [-0.1, -0.05) is 12.1 Å². The highest BCUT2D eigenvalue weighted by atomic mass is 16.4. The molecule has 20 heavy (non-hydrogen) atoms. The molecular weight excluding hydrogens is 254 g/mol. The Morgan fingerprint density at radius 2 is 1.45 bits per heavy atom. The maximum Gasteiger partial charge on any atom is 0.320 e. The summed E-state index contributed by atoms with van der Waals surface area (Å²) in [6, 6.07) is 11.2. The highest BCUT2D eigenvalue weighted by Gasteiger charge is 2.20. The first-order valence-corrected chi connectivity index (χ1v) is 6.47. The second-order valence-corrected chi connectivity index (χ2v) is 4.04. The molecule has 0 amide bonds. The SMILES string of the molecule is O=C(O)[C@@H]1CCCN1.c1ccncc1.c1ccncc1. The quantitative estimate of drug-likeness (QED) is 0.831. The zero-order valence-corrected chi connectivity index (χ0v) is 11.2. The number of aliphatic carboxylic acids is 1. The van der Waals surface area contributed by atoms with E-state index in [9.17, 15) is 4.79 Å². The van der Waals surface area contributed by atoms with Crippen LogP contribution in [0.3, 0.4) is 0 Å². The molecule has 0 radical (unpaired) electrons. The van der Waals surface area contributed by atoms with E-state index in [-0.39, 0.29) is 6.04 Å². The van der Waals surface area contributed by atoms with Crippen LogP contribution in [0, 0.1) is 0 Å². The monoisotopic (exact) mass is 273 g/mol. The number of carboxylic acid groups (broad SMARTS) is 1. The van der Waals surface area contributed by atoms with Crippen molar-refractivity contribution < 1.29 is 9.90 Å². The van der Waals surface area contributed by atoms with Gasteiger partial charge >= 0.3 is 5.97 Å². The van der Waals surface area contributed by atoms with Gasteiger partial charge in [-0.05, 0) is 43.7 Å². The van der Waals surface area contributed by atoms with E-state index in [0.717, 1.165) is 19.4 Å². The number of nitrogens with zero attached hydrogens (tertiary/aromatic N) is 2. The number of hydrogen-bond acceptors (Lipinski definition) is 4. The molecule has 5 heteroatoms. The Balaban J connectivity index is 0.000000152. The number of aromatic nitrogens is 2. The number of rotatable bonds is 1. The van der Waals surface area contributed by atoms with E-state index in [4.69, 9.17) is 5.11 Å². The lowest BCUT2D eigenvalue weighted by Gasteiger charge is -1.99. The molecule has 106 valence electrons. The van der Waals surface area contributed by atoms with Gasteiger partial charge in [-0.2, -0.15) is 0 Å². The first-order valence-electron chi connectivity index (χ1n) is 6.47. The first-order chi connectivity index (χ1) is 9.80. The van der Waals surface area contributed by atoms with Crippen molar-refractivity contribution >= 4 is 5.97 Å². The summed E-state index contributed by atoms with van der Waals surface area (Å²) in [5.74, 6) is -0.720. The van der Waals surface area contributed by atoms with Crippen molar-refractivity contribution in [1.29, 1.82) is 0 Å². The normalized spacial score (nSPS) is 16.1.